The molecule has 0 aliphatic carbocycles. The normalized spacial score (nSPS) is 26.7. The van der Waals surface area contributed by atoms with E-state index in [1.165, 1.54) is 0 Å². The fourth-order valence-corrected chi connectivity index (χ4v) is 2.46. The first-order chi connectivity index (χ1) is 8.80. The summed E-state index contributed by atoms with van der Waals surface area (Å²) in [6.45, 7) is 3.88. The molecule has 1 aliphatic rings. The maximum Gasteiger partial charge on any atom is 0.194 e. The van der Waals surface area contributed by atoms with Gasteiger partial charge in [0.2, 0.25) is 0 Å². The molecule has 1 heterocycles. The molecule has 1 saturated heterocycles. The lowest BCUT2D eigenvalue weighted by molar-refractivity contribution is -0.304. The molecule has 1 aromatic rings. The molecule has 0 aromatic heterocycles. The zero-order valence-corrected chi connectivity index (χ0v) is 12.5. The van der Waals surface area contributed by atoms with Gasteiger partial charge >= 0.3 is 0 Å². The molecular weight excluding hydrogens is 262 g/mol. The Bertz CT molecular complexity index is 360. The van der Waals surface area contributed by atoms with Crippen LogP contribution in [0, 0.1) is 0 Å². The first-order valence-corrected chi connectivity index (χ1v) is 6.82. The molecule has 0 amide bonds. The van der Waals surface area contributed by atoms with Gasteiger partial charge in [-0.3, -0.25) is 0 Å². The predicted molar refractivity (Wildman–Crippen MR) is 79.6 cm³/mol. The van der Waals surface area contributed by atoms with Crippen molar-refractivity contribution in [3.8, 4) is 0 Å². The highest BCUT2D eigenvalue weighted by atomic mass is 35.5. The van der Waals surface area contributed by atoms with Gasteiger partial charge in [-0.1, -0.05) is 37.3 Å². The first kappa shape index (κ1) is 16.4. The van der Waals surface area contributed by atoms with Gasteiger partial charge in [-0.05, 0) is 26.4 Å². The molecule has 0 spiro atoms. The van der Waals surface area contributed by atoms with E-state index in [1.807, 2.05) is 25.2 Å². The van der Waals surface area contributed by atoms with E-state index in [9.17, 15) is 0 Å². The summed E-state index contributed by atoms with van der Waals surface area (Å²) in [5.74, 6) is -0.544. The highest BCUT2D eigenvalue weighted by Crippen LogP contribution is 2.36. The maximum absolute atomic E-state index is 6.25. The monoisotopic (exact) mass is 285 g/mol. The second kappa shape index (κ2) is 7.85. The van der Waals surface area contributed by atoms with Gasteiger partial charge in [-0.25, -0.2) is 0 Å². The molecule has 0 radical (unpaired) electrons. The van der Waals surface area contributed by atoms with Crippen molar-refractivity contribution in [3.63, 3.8) is 0 Å². The van der Waals surface area contributed by atoms with Crippen LogP contribution in [0.5, 0.6) is 0 Å². The minimum absolute atomic E-state index is 0. The van der Waals surface area contributed by atoms with Gasteiger partial charge < -0.3 is 14.8 Å². The van der Waals surface area contributed by atoms with Crippen molar-refractivity contribution >= 4 is 12.4 Å². The molecule has 0 unspecified atom stereocenters. The standard InChI is InChI=1S/C15H23NO2.ClH/c1-3-15(13-7-5-4-6-8-13)17-12-10-14(18-15)9-11-16-2;/h4-8,14,16H,3,9-12H2,1-2H3;1H/t14-,15-;/m1./s1. The Morgan fingerprint density at radius 3 is 2.68 bits per heavy atom. The lowest BCUT2D eigenvalue weighted by Gasteiger charge is -2.41. The summed E-state index contributed by atoms with van der Waals surface area (Å²) < 4.78 is 12.2. The molecule has 1 aromatic carbocycles. The van der Waals surface area contributed by atoms with E-state index in [1.54, 1.807) is 0 Å². The molecule has 1 N–H and O–H groups in total. The van der Waals surface area contributed by atoms with Crippen molar-refractivity contribution in [3.05, 3.63) is 35.9 Å². The van der Waals surface area contributed by atoms with Crippen LogP contribution < -0.4 is 5.32 Å². The van der Waals surface area contributed by atoms with Crippen LogP contribution in [0.15, 0.2) is 30.3 Å². The zero-order chi connectivity index (χ0) is 12.8. The molecular formula is C15H24ClNO2. The van der Waals surface area contributed by atoms with E-state index in [2.05, 4.69) is 24.4 Å². The summed E-state index contributed by atoms with van der Waals surface area (Å²) in [5.41, 5.74) is 1.13. The molecule has 108 valence electrons. The number of ether oxygens (including phenoxy) is 2. The number of hydrogen-bond acceptors (Lipinski definition) is 3. The quantitative estimate of drug-likeness (QED) is 0.902. The lowest BCUT2D eigenvalue weighted by Crippen LogP contribution is -2.42. The highest BCUT2D eigenvalue weighted by molar-refractivity contribution is 5.85. The molecule has 0 bridgehead atoms. The second-order valence-electron chi connectivity index (χ2n) is 4.74. The summed E-state index contributed by atoms with van der Waals surface area (Å²) in [5, 5.41) is 3.18. The number of nitrogens with one attached hydrogen (secondary N) is 1. The zero-order valence-electron chi connectivity index (χ0n) is 11.7. The van der Waals surface area contributed by atoms with Crippen molar-refractivity contribution in [2.24, 2.45) is 0 Å². The van der Waals surface area contributed by atoms with E-state index >= 15 is 0 Å². The smallest absolute Gasteiger partial charge is 0.194 e. The SMILES string of the molecule is CC[C@@]1(c2ccccc2)OCC[C@@H](CCNC)O1.Cl. The summed E-state index contributed by atoms with van der Waals surface area (Å²) in [7, 11) is 1.98. The van der Waals surface area contributed by atoms with E-state index in [4.69, 9.17) is 9.47 Å². The fourth-order valence-electron chi connectivity index (χ4n) is 2.46. The van der Waals surface area contributed by atoms with Crippen LogP contribution >= 0.6 is 12.4 Å². The molecule has 4 heteroatoms. The van der Waals surface area contributed by atoms with Crippen LogP contribution in [0.2, 0.25) is 0 Å². The summed E-state index contributed by atoms with van der Waals surface area (Å²) >= 11 is 0. The van der Waals surface area contributed by atoms with Gasteiger partial charge in [-0.2, -0.15) is 0 Å². The Balaban J connectivity index is 0.00000180. The van der Waals surface area contributed by atoms with Crippen LogP contribution in [0.3, 0.4) is 0 Å². The third-order valence-corrected chi connectivity index (χ3v) is 3.53. The van der Waals surface area contributed by atoms with Crippen molar-refractivity contribution in [2.45, 2.75) is 38.1 Å². The Kier molecular flexibility index (Phi) is 6.80. The van der Waals surface area contributed by atoms with Crippen LogP contribution in [-0.4, -0.2) is 26.3 Å². The molecule has 19 heavy (non-hydrogen) atoms. The molecule has 3 nitrogen and oxygen atoms in total. The molecule has 1 aliphatic heterocycles. The van der Waals surface area contributed by atoms with Gasteiger partial charge in [0.1, 0.15) is 0 Å². The Hall–Kier alpha value is -0.610. The third-order valence-electron chi connectivity index (χ3n) is 3.53. The topological polar surface area (TPSA) is 30.5 Å². The molecule has 1 fully saturated rings. The average molecular weight is 286 g/mol. The molecule has 2 rings (SSSR count). The Morgan fingerprint density at radius 2 is 2.05 bits per heavy atom. The predicted octanol–water partition coefficient (Wildman–Crippen LogP) is 3.09. The maximum atomic E-state index is 6.25. The first-order valence-electron chi connectivity index (χ1n) is 6.82. The van der Waals surface area contributed by atoms with Gasteiger partial charge in [0.05, 0.1) is 12.7 Å². The molecule has 0 saturated carbocycles. The average Bonchev–Trinajstić information content (AvgIpc) is 2.46. The van der Waals surface area contributed by atoms with E-state index in [0.29, 0.717) is 0 Å². The molecule has 2 atom stereocenters. The lowest BCUT2D eigenvalue weighted by atomic mass is 10.0. The Morgan fingerprint density at radius 1 is 1.32 bits per heavy atom. The summed E-state index contributed by atoms with van der Waals surface area (Å²) in [6.07, 6.45) is 3.14. The van der Waals surface area contributed by atoms with Crippen molar-refractivity contribution in [1.29, 1.82) is 0 Å². The van der Waals surface area contributed by atoms with E-state index in [-0.39, 0.29) is 18.5 Å². The van der Waals surface area contributed by atoms with Crippen LogP contribution in [0.1, 0.15) is 31.7 Å². The van der Waals surface area contributed by atoms with Gasteiger partial charge in [0.15, 0.2) is 5.79 Å². The third kappa shape index (κ3) is 3.93. The van der Waals surface area contributed by atoms with Crippen molar-refractivity contribution < 1.29 is 9.47 Å². The summed E-state index contributed by atoms with van der Waals surface area (Å²) in [4.78, 5) is 0. The number of halogens is 1. The fraction of sp³-hybridized carbons (Fsp3) is 0.600. The second-order valence-corrected chi connectivity index (χ2v) is 4.74. The van der Waals surface area contributed by atoms with Crippen molar-refractivity contribution in [2.75, 3.05) is 20.2 Å². The number of benzene rings is 1. The van der Waals surface area contributed by atoms with Gasteiger partial charge in [0, 0.05) is 12.0 Å². The minimum Gasteiger partial charge on any atom is -0.346 e. The van der Waals surface area contributed by atoms with Gasteiger partial charge in [-0.15, -0.1) is 12.4 Å². The van der Waals surface area contributed by atoms with Crippen LogP contribution in [0.25, 0.3) is 0 Å². The largest absolute Gasteiger partial charge is 0.346 e. The number of hydrogen-bond donors (Lipinski definition) is 1. The number of rotatable bonds is 5. The van der Waals surface area contributed by atoms with E-state index < -0.39 is 5.79 Å². The Labute approximate surface area is 122 Å². The van der Waals surface area contributed by atoms with Crippen molar-refractivity contribution in [1.82, 2.24) is 5.32 Å². The highest BCUT2D eigenvalue weighted by Gasteiger charge is 2.38. The summed E-state index contributed by atoms with van der Waals surface area (Å²) in [6, 6.07) is 10.3. The minimum atomic E-state index is -0.544. The van der Waals surface area contributed by atoms with Crippen LogP contribution in [0.4, 0.5) is 0 Å². The van der Waals surface area contributed by atoms with Crippen LogP contribution in [-0.2, 0) is 15.3 Å². The van der Waals surface area contributed by atoms with Gasteiger partial charge in [0.25, 0.3) is 0 Å². The van der Waals surface area contributed by atoms with E-state index in [0.717, 1.165) is 38.0 Å².